The summed E-state index contributed by atoms with van der Waals surface area (Å²) in [7, 11) is 0. The fraction of sp³-hybridized carbons (Fsp3) is 0.533. The molecule has 4 nitrogen and oxygen atoms in total. The van der Waals surface area contributed by atoms with Gasteiger partial charge in [0.25, 0.3) is 5.91 Å². The topological polar surface area (TPSA) is 58.6 Å². The fourth-order valence-corrected chi connectivity index (χ4v) is 3.11. The van der Waals surface area contributed by atoms with E-state index in [4.69, 9.17) is 16.3 Å². The number of aliphatic hydroxyl groups is 1. The molecule has 20 heavy (non-hydrogen) atoms. The summed E-state index contributed by atoms with van der Waals surface area (Å²) in [6, 6.07) is 5.23. The summed E-state index contributed by atoms with van der Waals surface area (Å²) in [6.45, 7) is 0. The van der Waals surface area contributed by atoms with Crippen LogP contribution in [0.3, 0.4) is 0 Å². The molecule has 3 rings (SSSR count). The molecule has 0 aromatic heterocycles. The maximum absolute atomic E-state index is 12.2. The Kier molecular flexibility index (Phi) is 3.85. The zero-order chi connectivity index (χ0) is 14.1. The Balaban J connectivity index is 1.62. The number of halogens is 1. The molecular formula is C15H18ClNO3. The van der Waals surface area contributed by atoms with E-state index in [2.05, 4.69) is 5.32 Å². The third-order valence-electron chi connectivity index (χ3n) is 4.05. The van der Waals surface area contributed by atoms with Crippen LogP contribution in [0, 0.1) is 0 Å². The predicted molar refractivity (Wildman–Crippen MR) is 76.0 cm³/mol. The van der Waals surface area contributed by atoms with Crippen LogP contribution in [-0.2, 0) is 11.2 Å². The van der Waals surface area contributed by atoms with Gasteiger partial charge in [-0.2, -0.15) is 0 Å². The predicted octanol–water partition coefficient (Wildman–Crippen LogP) is 2.06. The highest BCUT2D eigenvalue weighted by Crippen LogP contribution is 2.31. The summed E-state index contributed by atoms with van der Waals surface area (Å²) in [5, 5.41) is 13.5. The molecule has 1 aromatic rings. The van der Waals surface area contributed by atoms with Gasteiger partial charge in [0.05, 0.1) is 12.1 Å². The van der Waals surface area contributed by atoms with Crippen molar-refractivity contribution in [3.63, 3.8) is 0 Å². The van der Waals surface area contributed by atoms with E-state index in [0.717, 1.165) is 37.0 Å². The fourth-order valence-electron chi connectivity index (χ4n) is 2.92. The zero-order valence-corrected chi connectivity index (χ0v) is 11.9. The van der Waals surface area contributed by atoms with Crippen LogP contribution in [0.1, 0.15) is 31.2 Å². The molecule has 0 spiro atoms. The van der Waals surface area contributed by atoms with Crippen LogP contribution in [0.25, 0.3) is 0 Å². The second-order valence-corrected chi connectivity index (χ2v) is 5.97. The summed E-state index contributed by atoms with van der Waals surface area (Å²) < 4.78 is 5.65. The quantitative estimate of drug-likeness (QED) is 0.878. The third-order valence-corrected chi connectivity index (χ3v) is 4.28. The van der Waals surface area contributed by atoms with Gasteiger partial charge in [0.2, 0.25) is 0 Å². The molecule has 0 radical (unpaired) electrons. The standard InChI is InChI=1S/C15H18ClNO3/c16-10-5-6-13-9(7-10)8-14(20-13)15(19)17-11-3-1-2-4-12(11)18/h5-7,11-12,14,18H,1-4,8H2,(H,17,19)/t11-,12-,14?/m1/s1. The number of benzene rings is 1. The maximum atomic E-state index is 12.2. The molecule has 2 N–H and O–H groups in total. The molecule has 1 fully saturated rings. The number of carbonyl (C=O) groups excluding carboxylic acids is 1. The SMILES string of the molecule is O=C(N[C@@H]1CCCC[C@H]1O)C1Cc2cc(Cl)ccc2O1. The van der Waals surface area contributed by atoms with Crippen molar-refractivity contribution in [3.8, 4) is 5.75 Å². The van der Waals surface area contributed by atoms with Crippen molar-refractivity contribution < 1.29 is 14.6 Å². The number of aliphatic hydroxyl groups excluding tert-OH is 1. The molecule has 1 heterocycles. The summed E-state index contributed by atoms with van der Waals surface area (Å²) >= 11 is 5.94. The van der Waals surface area contributed by atoms with Gasteiger partial charge in [-0.3, -0.25) is 4.79 Å². The summed E-state index contributed by atoms with van der Waals surface area (Å²) in [4.78, 5) is 12.2. The molecule has 3 atom stereocenters. The summed E-state index contributed by atoms with van der Waals surface area (Å²) in [6.07, 6.45) is 3.24. The van der Waals surface area contributed by atoms with Crippen LogP contribution >= 0.6 is 11.6 Å². The van der Waals surface area contributed by atoms with Crippen LogP contribution in [0.5, 0.6) is 5.75 Å². The van der Waals surface area contributed by atoms with E-state index in [9.17, 15) is 9.90 Å². The number of fused-ring (bicyclic) bond motifs is 1. The third kappa shape index (κ3) is 2.76. The lowest BCUT2D eigenvalue weighted by atomic mass is 9.92. The monoisotopic (exact) mass is 295 g/mol. The van der Waals surface area contributed by atoms with Crippen molar-refractivity contribution in [3.05, 3.63) is 28.8 Å². The zero-order valence-electron chi connectivity index (χ0n) is 11.1. The number of nitrogens with one attached hydrogen (secondary N) is 1. The number of rotatable bonds is 2. The van der Waals surface area contributed by atoms with Crippen molar-refractivity contribution >= 4 is 17.5 Å². The van der Waals surface area contributed by atoms with E-state index in [1.165, 1.54) is 0 Å². The molecule has 1 aliphatic heterocycles. The Labute approximate surface area is 123 Å². The Bertz CT molecular complexity index is 520. The lowest BCUT2D eigenvalue weighted by molar-refractivity contribution is -0.129. The van der Waals surface area contributed by atoms with Crippen LogP contribution in [0.15, 0.2) is 18.2 Å². The first-order chi connectivity index (χ1) is 9.63. The number of carbonyl (C=O) groups is 1. The van der Waals surface area contributed by atoms with Crippen molar-refractivity contribution in [2.45, 2.75) is 50.4 Å². The molecule has 108 valence electrons. The highest BCUT2D eigenvalue weighted by molar-refractivity contribution is 6.30. The number of hydrogen-bond acceptors (Lipinski definition) is 3. The molecule has 0 saturated heterocycles. The molecule has 2 aliphatic rings. The van der Waals surface area contributed by atoms with E-state index in [1.807, 2.05) is 6.07 Å². The molecule has 5 heteroatoms. The first-order valence-electron chi connectivity index (χ1n) is 7.07. The van der Waals surface area contributed by atoms with Crippen molar-refractivity contribution in [1.29, 1.82) is 0 Å². The van der Waals surface area contributed by atoms with Gasteiger partial charge < -0.3 is 15.2 Å². The van der Waals surface area contributed by atoms with Crippen LogP contribution in [-0.4, -0.2) is 29.3 Å². The number of amides is 1. The minimum absolute atomic E-state index is 0.146. The van der Waals surface area contributed by atoms with Gasteiger partial charge in [-0.25, -0.2) is 0 Å². The molecule has 1 amide bonds. The Morgan fingerprint density at radius 3 is 2.95 bits per heavy atom. The Morgan fingerprint density at radius 2 is 2.15 bits per heavy atom. The number of ether oxygens (including phenoxy) is 1. The largest absolute Gasteiger partial charge is 0.480 e. The van der Waals surface area contributed by atoms with Gasteiger partial charge in [0.15, 0.2) is 6.10 Å². The second-order valence-electron chi connectivity index (χ2n) is 5.53. The highest BCUT2D eigenvalue weighted by atomic mass is 35.5. The second kappa shape index (κ2) is 5.62. The van der Waals surface area contributed by atoms with Gasteiger partial charge in [-0.05, 0) is 36.6 Å². The molecular weight excluding hydrogens is 278 g/mol. The minimum Gasteiger partial charge on any atom is -0.480 e. The van der Waals surface area contributed by atoms with Crippen LogP contribution < -0.4 is 10.1 Å². The number of hydrogen-bond donors (Lipinski definition) is 2. The van der Waals surface area contributed by atoms with E-state index < -0.39 is 12.2 Å². The summed E-state index contributed by atoms with van der Waals surface area (Å²) in [5.74, 6) is 0.571. The highest BCUT2D eigenvalue weighted by Gasteiger charge is 2.32. The van der Waals surface area contributed by atoms with Gasteiger partial charge >= 0.3 is 0 Å². The minimum atomic E-state index is -0.516. The van der Waals surface area contributed by atoms with Crippen LogP contribution in [0.2, 0.25) is 5.02 Å². The first-order valence-corrected chi connectivity index (χ1v) is 7.45. The van der Waals surface area contributed by atoms with Crippen molar-refractivity contribution in [2.24, 2.45) is 0 Å². The normalized spacial score (nSPS) is 28.6. The van der Waals surface area contributed by atoms with Crippen LogP contribution in [0.4, 0.5) is 0 Å². The molecule has 1 saturated carbocycles. The van der Waals surface area contributed by atoms with Gasteiger partial charge in [-0.15, -0.1) is 0 Å². The van der Waals surface area contributed by atoms with Gasteiger partial charge in [0.1, 0.15) is 5.75 Å². The average molecular weight is 296 g/mol. The van der Waals surface area contributed by atoms with Crippen molar-refractivity contribution in [2.75, 3.05) is 0 Å². The van der Waals surface area contributed by atoms with E-state index in [-0.39, 0.29) is 11.9 Å². The van der Waals surface area contributed by atoms with Gasteiger partial charge in [-0.1, -0.05) is 24.4 Å². The molecule has 0 bridgehead atoms. The Morgan fingerprint density at radius 1 is 1.35 bits per heavy atom. The first kappa shape index (κ1) is 13.7. The Hall–Kier alpha value is -1.26. The average Bonchev–Trinajstić information content (AvgIpc) is 2.84. The lowest BCUT2D eigenvalue weighted by Gasteiger charge is -2.29. The van der Waals surface area contributed by atoms with E-state index in [1.54, 1.807) is 12.1 Å². The summed E-state index contributed by atoms with van der Waals surface area (Å²) in [5.41, 5.74) is 0.960. The molecule has 1 aromatic carbocycles. The smallest absolute Gasteiger partial charge is 0.261 e. The maximum Gasteiger partial charge on any atom is 0.261 e. The molecule has 1 aliphatic carbocycles. The van der Waals surface area contributed by atoms with E-state index >= 15 is 0 Å². The van der Waals surface area contributed by atoms with E-state index in [0.29, 0.717) is 11.4 Å². The molecule has 1 unspecified atom stereocenters. The van der Waals surface area contributed by atoms with Gasteiger partial charge in [0, 0.05) is 11.4 Å². The lowest BCUT2D eigenvalue weighted by Crippen LogP contribution is -2.49. The van der Waals surface area contributed by atoms with Crippen molar-refractivity contribution in [1.82, 2.24) is 5.32 Å².